The van der Waals surface area contributed by atoms with E-state index in [0.29, 0.717) is 11.5 Å². The topological polar surface area (TPSA) is 45.0 Å². The van der Waals surface area contributed by atoms with Gasteiger partial charge in [-0.15, -0.1) is 0 Å². The zero-order valence-electron chi connectivity index (χ0n) is 10.2. The Morgan fingerprint density at radius 1 is 1.53 bits per heavy atom. The predicted molar refractivity (Wildman–Crippen MR) is 67.9 cm³/mol. The SMILES string of the molecule is Cc1ccc(C#N)c(NCC2CCCOC2)c1. The smallest absolute Gasteiger partial charge is 0.101 e. The van der Waals surface area contributed by atoms with E-state index in [1.807, 2.05) is 25.1 Å². The van der Waals surface area contributed by atoms with Gasteiger partial charge in [0.1, 0.15) is 6.07 Å². The molecule has 0 aliphatic carbocycles. The van der Waals surface area contributed by atoms with E-state index in [1.54, 1.807) is 0 Å². The lowest BCUT2D eigenvalue weighted by Crippen LogP contribution is -2.24. The van der Waals surface area contributed by atoms with Crippen LogP contribution >= 0.6 is 0 Å². The van der Waals surface area contributed by atoms with Crippen molar-refractivity contribution in [3.63, 3.8) is 0 Å². The first-order valence-electron chi connectivity index (χ1n) is 6.12. The number of hydrogen-bond acceptors (Lipinski definition) is 3. The molecule has 3 nitrogen and oxygen atoms in total. The molecule has 2 rings (SSSR count). The average molecular weight is 230 g/mol. The Morgan fingerprint density at radius 3 is 3.12 bits per heavy atom. The average Bonchev–Trinajstić information content (AvgIpc) is 2.38. The van der Waals surface area contributed by atoms with Crippen LogP contribution in [0.25, 0.3) is 0 Å². The first-order valence-corrected chi connectivity index (χ1v) is 6.12. The minimum atomic E-state index is 0.566. The van der Waals surface area contributed by atoms with E-state index in [9.17, 15) is 0 Å². The van der Waals surface area contributed by atoms with Crippen molar-refractivity contribution in [3.05, 3.63) is 29.3 Å². The molecule has 0 spiro atoms. The summed E-state index contributed by atoms with van der Waals surface area (Å²) in [5.41, 5.74) is 2.83. The Bertz CT molecular complexity index is 417. The number of aryl methyl sites for hydroxylation is 1. The van der Waals surface area contributed by atoms with Crippen LogP contribution in [-0.2, 0) is 4.74 Å². The molecule has 17 heavy (non-hydrogen) atoms. The molecule has 1 heterocycles. The lowest BCUT2D eigenvalue weighted by Gasteiger charge is -2.23. The minimum Gasteiger partial charge on any atom is -0.384 e. The highest BCUT2D eigenvalue weighted by Crippen LogP contribution is 2.19. The van der Waals surface area contributed by atoms with E-state index >= 15 is 0 Å². The predicted octanol–water partition coefficient (Wildman–Crippen LogP) is 2.71. The van der Waals surface area contributed by atoms with Crippen molar-refractivity contribution in [1.29, 1.82) is 5.26 Å². The van der Waals surface area contributed by atoms with Crippen molar-refractivity contribution in [2.45, 2.75) is 19.8 Å². The molecule has 0 radical (unpaired) electrons. The Labute approximate surface area is 102 Å². The summed E-state index contributed by atoms with van der Waals surface area (Å²) in [5.74, 6) is 0.566. The second kappa shape index (κ2) is 5.70. The van der Waals surface area contributed by atoms with Crippen molar-refractivity contribution in [2.24, 2.45) is 5.92 Å². The van der Waals surface area contributed by atoms with Gasteiger partial charge in [0, 0.05) is 13.2 Å². The van der Waals surface area contributed by atoms with E-state index in [2.05, 4.69) is 11.4 Å². The van der Waals surface area contributed by atoms with Gasteiger partial charge in [-0.25, -0.2) is 0 Å². The maximum absolute atomic E-state index is 9.03. The Morgan fingerprint density at radius 2 is 2.41 bits per heavy atom. The van der Waals surface area contributed by atoms with Gasteiger partial charge in [0.05, 0.1) is 17.9 Å². The number of benzene rings is 1. The fourth-order valence-electron chi connectivity index (χ4n) is 2.12. The van der Waals surface area contributed by atoms with Gasteiger partial charge in [0.25, 0.3) is 0 Å². The van der Waals surface area contributed by atoms with Crippen molar-refractivity contribution in [3.8, 4) is 6.07 Å². The lowest BCUT2D eigenvalue weighted by molar-refractivity contribution is 0.0595. The number of nitrogens with zero attached hydrogens (tertiary/aromatic N) is 1. The number of nitrogens with one attached hydrogen (secondary N) is 1. The van der Waals surface area contributed by atoms with Gasteiger partial charge < -0.3 is 10.1 Å². The Balaban J connectivity index is 1.98. The van der Waals surface area contributed by atoms with Crippen LogP contribution in [0, 0.1) is 24.2 Å². The zero-order chi connectivity index (χ0) is 12.1. The summed E-state index contributed by atoms with van der Waals surface area (Å²) in [6.07, 6.45) is 2.35. The van der Waals surface area contributed by atoms with Gasteiger partial charge in [0.2, 0.25) is 0 Å². The van der Waals surface area contributed by atoms with Crippen LogP contribution in [0.15, 0.2) is 18.2 Å². The molecule has 1 atom stereocenters. The quantitative estimate of drug-likeness (QED) is 0.868. The molecule has 1 aliphatic rings. The van der Waals surface area contributed by atoms with Gasteiger partial charge in [-0.05, 0) is 43.4 Å². The summed E-state index contributed by atoms with van der Waals surface area (Å²) in [6.45, 7) is 4.65. The summed E-state index contributed by atoms with van der Waals surface area (Å²) >= 11 is 0. The van der Waals surface area contributed by atoms with Crippen LogP contribution in [0.3, 0.4) is 0 Å². The van der Waals surface area contributed by atoms with Gasteiger partial charge in [-0.3, -0.25) is 0 Å². The van der Waals surface area contributed by atoms with Crippen LogP contribution in [0.5, 0.6) is 0 Å². The number of ether oxygens (including phenoxy) is 1. The van der Waals surface area contributed by atoms with Crippen molar-refractivity contribution in [2.75, 3.05) is 25.1 Å². The third-order valence-corrected chi connectivity index (χ3v) is 3.13. The lowest BCUT2D eigenvalue weighted by atomic mass is 10.0. The molecule has 1 saturated heterocycles. The molecule has 0 amide bonds. The van der Waals surface area contributed by atoms with Crippen molar-refractivity contribution >= 4 is 5.69 Å². The Hall–Kier alpha value is -1.53. The molecule has 1 aromatic rings. The molecule has 1 N–H and O–H groups in total. The third kappa shape index (κ3) is 3.21. The van der Waals surface area contributed by atoms with E-state index in [4.69, 9.17) is 10.00 Å². The fraction of sp³-hybridized carbons (Fsp3) is 0.500. The first-order chi connectivity index (χ1) is 8.29. The standard InChI is InChI=1S/C14H18N2O/c1-11-4-5-13(8-15)14(7-11)16-9-12-3-2-6-17-10-12/h4-5,7,12,16H,2-3,6,9-10H2,1H3. The van der Waals surface area contributed by atoms with E-state index in [-0.39, 0.29) is 0 Å². The van der Waals surface area contributed by atoms with Crippen LogP contribution in [0.4, 0.5) is 5.69 Å². The minimum absolute atomic E-state index is 0.566. The molecule has 1 unspecified atom stereocenters. The number of anilines is 1. The second-order valence-electron chi connectivity index (χ2n) is 4.62. The van der Waals surface area contributed by atoms with E-state index < -0.39 is 0 Å². The third-order valence-electron chi connectivity index (χ3n) is 3.13. The number of hydrogen-bond donors (Lipinski definition) is 1. The molecule has 1 aliphatic heterocycles. The maximum Gasteiger partial charge on any atom is 0.101 e. The van der Waals surface area contributed by atoms with Crippen LogP contribution in [0.1, 0.15) is 24.0 Å². The number of nitriles is 1. The highest BCUT2D eigenvalue weighted by molar-refractivity contribution is 5.58. The van der Waals surface area contributed by atoms with Gasteiger partial charge in [-0.2, -0.15) is 5.26 Å². The van der Waals surface area contributed by atoms with Gasteiger partial charge in [-0.1, -0.05) is 6.07 Å². The molecule has 0 saturated carbocycles. The highest BCUT2D eigenvalue weighted by Gasteiger charge is 2.14. The molecular weight excluding hydrogens is 212 g/mol. The fourth-order valence-corrected chi connectivity index (χ4v) is 2.12. The zero-order valence-corrected chi connectivity index (χ0v) is 10.2. The Kier molecular flexibility index (Phi) is 4.00. The van der Waals surface area contributed by atoms with E-state index in [0.717, 1.165) is 31.9 Å². The van der Waals surface area contributed by atoms with Gasteiger partial charge >= 0.3 is 0 Å². The summed E-state index contributed by atoms with van der Waals surface area (Å²) in [4.78, 5) is 0. The number of rotatable bonds is 3. The first kappa shape index (κ1) is 11.9. The summed E-state index contributed by atoms with van der Waals surface area (Å²) in [6, 6.07) is 8.08. The maximum atomic E-state index is 9.03. The molecule has 90 valence electrons. The van der Waals surface area contributed by atoms with E-state index in [1.165, 1.54) is 12.0 Å². The second-order valence-corrected chi connectivity index (χ2v) is 4.62. The summed E-state index contributed by atoms with van der Waals surface area (Å²) in [7, 11) is 0. The largest absolute Gasteiger partial charge is 0.384 e. The summed E-state index contributed by atoms with van der Waals surface area (Å²) < 4.78 is 5.45. The molecule has 1 fully saturated rings. The van der Waals surface area contributed by atoms with Crippen molar-refractivity contribution in [1.82, 2.24) is 0 Å². The van der Waals surface area contributed by atoms with Crippen LogP contribution in [-0.4, -0.2) is 19.8 Å². The highest BCUT2D eigenvalue weighted by atomic mass is 16.5. The van der Waals surface area contributed by atoms with Crippen molar-refractivity contribution < 1.29 is 4.74 Å². The molecule has 3 heteroatoms. The van der Waals surface area contributed by atoms with Crippen LogP contribution in [0.2, 0.25) is 0 Å². The molecule has 0 aromatic heterocycles. The monoisotopic (exact) mass is 230 g/mol. The van der Waals surface area contributed by atoms with Crippen LogP contribution < -0.4 is 5.32 Å². The molecule has 1 aromatic carbocycles. The molecule has 0 bridgehead atoms. The summed E-state index contributed by atoms with van der Waals surface area (Å²) in [5, 5.41) is 12.4. The van der Waals surface area contributed by atoms with Gasteiger partial charge in [0.15, 0.2) is 0 Å². The molecular formula is C14H18N2O. The normalized spacial score (nSPS) is 19.6.